The Kier molecular flexibility index (Phi) is 4.29. The van der Waals surface area contributed by atoms with Crippen molar-refractivity contribution in [2.75, 3.05) is 0 Å². The summed E-state index contributed by atoms with van der Waals surface area (Å²) in [6.45, 7) is 1.56. The van der Waals surface area contributed by atoms with Crippen molar-refractivity contribution < 1.29 is 14.8 Å². The molecule has 3 aromatic rings. The Morgan fingerprint density at radius 3 is 2.00 bits per heavy atom. The van der Waals surface area contributed by atoms with Crippen LogP contribution in [0, 0.1) is 37.3 Å². The van der Waals surface area contributed by atoms with Crippen LogP contribution in [0.15, 0.2) is 42.5 Å². The van der Waals surface area contributed by atoms with Crippen LogP contribution in [0.1, 0.15) is 5.82 Å². The normalized spacial score (nSPS) is 10.6. The lowest BCUT2D eigenvalue weighted by atomic mass is 10.2. The molecule has 0 N–H and O–H groups in total. The minimum absolute atomic E-state index is 0.0174. The number of benzene rings is 2. The standard InChI is InChI=1S/C15H10N6O6/c1-9-16-15(10-2-4-11(5-3-10)19(22)23)17-18(9)13-7-6-12(20(24)25)8-14(13)21(26)27/h2-8H,1H3. The van der Waals surface area contributed by atoms with Gasteiger partial charge in [-0.05, 0) is 25.1 Å². The molecule has 0 aliphatic heterocycles. The molecule has 136 valence electrons. The summed E-state index contributed by atoms with van der Waals surface area (Å²) in [5.74, 6) is 0.510. The first-order chi connectivity index (χ1) is 12.8. The molecule has 0 atom stereocenters. The van der Waals surface area contributed by atoms with Gasteiger partial charge in [0.05, 0.1) is 20.8 Å². The smallest absolute Gasteiger partial charge is 0.258 e. The number of nitro groups is 3. The summed E-state index contributed by atoms with van der Waals surface area (Å²) in [6, 6.07) is 8.71. The number of nitro benzene ring substituents is 3. The summed E-state index contributed by atoms with van der Waals surface area (Å²) >= 11 is 0. The molecule has 27 heavy (non-hydrogen) atoms. The lowest BCUT2D eigenvalue weighted by Crippen LogP contribution is -2.04. The van der Waals surface area contributed by atoms with Crippen LogP contribution in [0.2, 0.25) is 0 Å². The van der Waals surface area contributed by atoms with Gasteiger partial charge < -0.3 is 0 Å². The topological polar surface area (TPSA) is 160 Å². The molecule has 2 aromatic carbocycles. The molecule has 0 spiro atoms. The predicted octanol–water partition coefficient (Wildman–Crippen LogP) is 2.97. The van der Waals surface area contributed by atoms with E-state index in [1.54, 1.807) is 6.92 Å². The van der Waals surface area contributed by atoms with Crippen LogP contribution < -0.4 is 0 Å². The van der Waals surface area contributed by atoms with Crippen molar-refractivity contribution in [3.63, 3.8) is 0 Å². The maximum Gasteiger partial charge on any atom is 0.301 e. The number of aromatic nitrogens is 3. The van der Waals surface area contributed by atoms with Crippen molar-refractivity contribution >= 4 is 17.1 Å². The minimum atomic E-state index is -0.741. The highest BCUT2D eigenvalue weighted by Gasteiger charge is 2.23. The molecule has 12 nitrogen and oxygen atoms in total. The first-order valence-corrected chi connectivity index (χ1v) is 7.39. The van der Waals surface area contributed by atoms with Gasteiger partial charge in [0.2, 0.25) is 0 Å². The van der Waals surface area contributed by atoms with Gasteiger partial charge in [-0.2, -0.15) is 0 Å². The van der Waals surface area contributed by atoms with Crippen molar-refractivity contribution in [1.29, 1.82) is 0 Å². The fourth-order valence-corrected chi connectivity index (χ4v) is 2.42. The van der Waals surface area contributed by atoms with Crippen molar-refractivity contribution in [3.8, 4) is 17.1 Å². The predicted molar refractivity (Wildman–Crippen MR) is 91.5 cm³/mol. The Balaban J connectivity index is 2.08. The first kappa shape index (κ1) is 17.6. The quantitative estimate of drug-likeness (QED) is 0.489. The molecule has 1 aromatic heterocycles. The zero-order valence-electron chi connectivity index (χ0n) is 13.7. The number of rotatable bonds is 5. The molecule has 0 fully saturated rings. The number of hydrogen-bond donors (Lipinski definition) is 0. The molecule has 1 heterocycles. The van der Waals surface area contributed by atoms with E-state index in [2.05, 4.69) is 10.1 Å². The van der Waals surface area contributed by atoms with Crippen molar-refractivity contribution in [3.05, 3.63) is 78.6 Å². The zero-order valence-corrected chi connectivity index (χ0v) is 13.7. The number of aryl methyl sites for hydroxylation is 1. The zero-order chi connectivity index (χ0) is 19.7. The van der Waals surface area contributed by atoms with E-state index in [1.165, 1.54) is 35.0 Å². The highest BCUT2D eigenvalue weighted by molar-refractivity contribution is 5.60. The SMILES string of the molecule is Cc1nc(-c2ccc([N+](=O)[O-])cc2)nn1-c1ccc([N+](=O)[O-])cc1[N+](=O)[O-]. The van der Waals surface area contributed by atoms with E-state index in [0.717, 1.165) is 12.1 Å². The molecule has 0 bridgehead atoms. The van der Waals surface area contributed by atoms with E-state index < -0.39 is 26.1 Å². The van der Waals surface area contributed by atoms with E-state index in [4.69, 9.17) is 0 Å². The summed E-state index contributed by atoms with van der Waals surface area (Å²) < 4.78 is 1.19. The van der Waals surface area contributed by atoms with E-state index in [9.17, 15) is 30.3 Å². The molecule has 0 aliphatic rings. The van der Waals surface area contributed by atoms with Gasteiger partial charge in [-0.3, -0.25) is 30.3 Å². The van der Waals surface area contributed by atoms with Gasteiger partial charge in [0, 0.05) is 23.8 Å². The van der Waals surface area contributed by atoms with Gasteiger partial charge in [-0.15, -0.1) is 5.10 Å². The molecular weight excluding hydrogens is 360 g/mol. The largest absolute Gasteiger partial charge is 0.301 e. The summed E-state index contributed by atoms with van der Waals surface area (Å²) in [5, 5.41) is 37.1. The third kappa shape index (κ3) is 3.30. The molecule has 0 radical (unpaired) electrons. The second-order valence-corrected chi connectivity index (χ2v) is 5.39. The molecule has 0 aliphatic carbocycles. The number of nitrogens with zero attached hydrogens (tertiary/aromatic N) is 6. The Bertz CT molecular complexity index is 1070. The average molecular weight is 370 g/mol. The molecule has 0 saturated carbocycles. The highest BCUT2D eigenvalue weighted by atomic mass is 16.6. The lowest BCUT2D eigenvalue weighted by Gasteiger charge is -2.04. The molecule has 12 heteroatoms. The average Bonchev–Trinajstić information content (AvgIpc) is 3.02. The summed E-state index contributed by atoms with van der Waals surface area (Å²) in [7, 11) is 0. The summed E-state index contributed by atoms with van der Waals surface area (Å²) in [4.78, 5) is 35.1. The second-order valence-electron chi connectivity index (χ2n) is 5.39. The summed E-state index contributed by atoms with van der Waals surface area (Å²) in [5.41, 5.74) is -0.511. The number of non-ortho nitro benzene ring substituents is 2. The van der Waals surface area contributed by atoms with E-state index in [-0.39, 0.29) is 17.2 Å². The van der Waals surface area contributed by atoms with Crippen LogP contribution in [-0.2, 0) is 0 Å². The monoisotopic (exact) mass is 370 g/mol. The van der Waals surface area contributed by atoms with Gasteiger partial charge in [0.1, 0.15) is 11.5 Å². The van der Waals surface area contributed by atoms with Crippen LogP contribution >= 0.6 is 0 Å². The minimum Gasteiger partial charge on any atom is -0.258 e. The van der Waals surface area contributed by atoms with Crippen LogP contribution in [0.3, 0.4) is 0 Å². The molecule has 0 amide bonds. The van der Waals surface area contributed by atoms with E-state index >= 15 is 0 Å². The maximum absolute atomic E-state index is 11.3. The Labute approximate surface area is 150 Å². The summed E-state index contributed by atoms with van der Waals surface area (Å²) in [6.07, 6.45) is 0. The molecule has 0 saturated heterocycles. The highest BCUT2D eigenvalue weighted by Crippen LogP contribution is 2.29. The maximum atomic E-state index is 11.3. The van der Waals surface area contributed by atoms with Gasteiger partial charge in [-0.1, -0.05) is 0 Å². The van der Waals surface area contributed by atoms with E-state index in [0.29, 0.717) is 11.4 Å². The third-order valence-corrected chi connectivity index (χ3v) is 3.70. The Morgan fingerprint density at radius 2 is 1.44 bits per heavy atom. The van der Waals surface area contributed by atoms with Gasteiger partial charge in [0.15, 0.2) is 5.82 Å². The van der Waals surface area contributed by atoms with Gasteiger partial charge >= 0.3 is 5.69 Å². The second kappa shape index (κ2) is 6.59. The van der Waals surface area contributed by atoms with Crippen molar-refractivity contribution in [2.45, 2.75) is 6.92 Å². The third-order valence-electron chi connectivity index (χ3n) is 3.70. The lowest BCUT2D eigenvalue weighted by molar-refractivity contribution is -0.394. The molecule has 0 unspecified atom stereocenters. The molecular formula is C15H10N6O6. The van der Waals surface area contributed by atoms with Gasteiger partial charge in [-0.25, -0.2) is 9.67 Å². The first-order valence-electron chi connectivity index (χ1n) is 7.39. The number of hydrogen-bond acceptors (Lipinski definition) is 8. The van der Waals surface area contributed by atoms with Crippen molar-refractivity contribution in [1.82, 2.24) is 14.8 Å². The van der Waals surface area contributed by atoms with Crippen LogP contribution in [0.5, 0.6) is 0 Å². The molecule has 3 rings (SSSR count). The Morgan fingerprint density at radius 1 is 0.852 bits per heavy atom. The van der Waals surface area contributed by atoms with Crippen molar-refractivity contribution in [2.24, 2.45) is 0 Å². The fourth-order valence-electron chi connectivity index (χ4n) is 2.42. The van der Waals surface area contributed by atoms with Gasteiger partial charge in [0.25, 0.3) is 11.4 Å². The van der Waals surface area contributed by atoms with Crippen LogP contribution in [0.4, 0.5) is 17.1 Å². The van der Waals surface area contributed by atoms with Crippen LogP contribution in [-0.4, -0.2) is 29.5 Å². The Hall–Kier alpha value is -4.22. The fraction of sp³-hybridized carbons (Fsp3) is 0.0667. The van der Waals surface area contributed by atoms with Crippen LogP contribution in [0.25, 0.3) is 17.1 Å². The van der Waals surface area contributed by atoms with E-state index in [1.807, 2.05) is 0 Å².